The SMILES string of the molecule is CCC[CH2][Sn]([CH2]CCC)([CH2]CCC)[c]1ccc2nc(/C=C/c3ccc(N(C)C)cc3)sc2c1. The number of hydrogen-bond acceptors (Lipinski definition) is 3. The first kappa shape index (κ1) is 26.3. The van der Waals surface area contributed by atoms with Gasteiger partial charge < -0.3 is 0 Å². The average Bonchev–Trinajstić information content (AvgIpc) is 3.25. The van der Waals surface area contributed by atoms with E-state index in [0.717, 1.165) is 10.5 Å². The van der Waals surface area contributed by atoms with Crippen LogP contribution in [0.15, 0.2) is 42.5 Å². The zero-order valence-electron chi connectivity index (χ0n) is 21.4. The number of benzene rings is 2. The monoisotopic (exact) mass is 570 g/mol. The molecule has 0 saturated heterocycles. The number of thiazole rings is 1. The van der Waals surface area contributed by atoms with E-state index < -0.39 is 18.4 Å². The van der Waals surface area contributed by atoms with E-state index in [1.165, 1.54) is 67.8 Å². The molecule has 178 valence electrons. The first-order valence-corrected chi connectivity index (χ1v) is 21.2. The summed E-state index contributed by atoms with van der Waals surface area (Å²) >= 11 is -0.537. The van der Waals surface area contributed by atoms with Gasteiger partial charge in [-0.05, 0) is 0 Å². The van der Waals surface area contributed by atoms with Gasteiger partial charge in [0.2, 0.25) is 0 Å². The number of fused-ring (bicyclic) bond motifs is 1. The van der Waals surface area contributed by atoms with Crippen LogP contribution < -0.4 is 8.48 Å². The molecule has 0 bridgehead atoms. The second-order valence-electron chi connectivity index (χ2n) is 9.64. The predicted octanol–water partition coefficient (Wildman–Crippen LogP) is 8.59. The number of nitrogens with zero attached hydrogens (tertiary/aromatic N) is 2. The van der Waals surface area contributed by atoms with Gasteiger partial charge >= 0.3 is 197 Å². The predicted molar refractivity (Wildman–Crippen MR) is 154 cm³/mol. The van der Waals surface area contributed by atoms with Crippen molar-refractivity contribution in [2.24, 2.45) is 0 Å². The van der Waals surface area contributed by atoms with Crippen LogP contribution in [-0.2, 0) is 0 Å². The number of anilines is 1. The first-order chi connectivity index (χ1) is 16.0. The molecule has 1 heterocycles. The van der Waals surface area contributed by atoms with Crippen molar-refractivity contribution >= 4 is 61.3 Å². The van der Waals surface area contributed by atoms with Crippen molar-refractivity contribution in [1.29, 1.82) is 0 Å². The van der Waals surface area contributed by atoms with Crippen molar-refractivity contribution in [1.82, 2.24) is 4.98 Å². The van der Waals surface area contributed by atoms with Crippen molar-refractivity contribution in [3.05, 3.63) is 53.0 Å². The second-order valence-corrected chi connectivity index (χ2v) is 23.9. The standard InChI is InChI=1S/C17H15N2S.3C4H9.Sn/c1-19(2)14-10-7-13(8-11-14)9-12-17-18-15-5-3-4-6-16(15)20-17;3*1-3-4-2;/h3,5-12H,1-2H3;3*1,3-4H2,2H3;/b12-9+;;;;. The van der Waals surface area contributed by atoms with Gasteiger partial charge in [0.05, 0.1) is 0 Å². The molecular weight excluding hydrogens is 527 g/mol. The number of rotatable bonds is 13. The van der Waals surface area contributed by atoms with Crippen molar-refractivity contribution < 1.29 is 0 Å². The van der Waals surface area contributed by atoms with Gasteiger partial charge in [0, 0.05) is 14.1 Å². The topological polar surface area (TPSA) is 16.1 Å². The van der Waals surface area contributed by atoms with Crippen LogP contribution >= 0.6 is 11.3 Å². The van der Waals surface area contributed by atoms with Gasteiger partial charge in [-0.2, -0.15) is 0 Å². The maximum atomic E-state index is 4.93. The van der Waals surface area contributed by atoms with Crippen LogP contribution in [0.25, 0.3) is 22.4 Å². The summed E-state index contributed by atoms with van der Waals surface area (Å²) in [6.45, 7) is 7.07. The Kier molecular flexibility index (Phi) is 10.3. The number of unbranched alkanes of at least 4 members (excludes halogenated alkanes) is 3. The van der Waals surface area contributed by atoms with Crippen LogP contribution in [0.5, 0.6) is 0 Å². The fourth-order valence-corrected chi connectivity index (χ4v) is 21.9. The zero-order valence-corrected chi connectivity index (χ0v) is 25.0. The molecule has 2 nitrogen and oxygen atoms in total. The molecule has 0 N–H and O–H groups in total. The molecule has 0 fully saturated rings. The Labute approximate surface area is 210 Å². The maximum absolute atomic E-state index is 4.93. The van der Waals surface area contributed by atoms with Crippen LogP contribution in [0, 0.1) is 0 Å². The fourth-order valence-electron chi connectivity index (χ4n) is 4.75. The third kappa shape index (κ3) is 7.08. The van der Waals surface area contributed by atoms with Crippen molar-refractivity contribution in [2.75, 3.05) is 19.0 Å². The molecule has 0 atom stereocenters. The summed E-state index contributed by atoms with van der Waals surface area (Å²) in [6.07, 6.45) is 12.6. The van der Waals surface area contributed by atoms with E-state index in [-0.39, 0.29) is 0 Å². The summed E-state index contributed by atoms with van der Waals surface area (Å²) in [4.78, 5) is 7.06. The first-order valence-electron chi connectivity index (χ1n) is 12.9. The van der Waals surface area contributed by atoms with Crippen molar-refractivity contribution in [3.63, 3.8) is 0 Å². The summed E-state index contributed by atoms with van der Waals surface area (Å²) < 4.78 is 7.69. The molecule has 4 heteroatoms. The molecule has 0 aliphatic carbocycles. The summed E-state index contributed by atoms with van der Waals surface area (Å²) in [6, 6.07) is 16.0. The molecule has 0 saturated carbocycles. The number of aromatic nitrogens is 1. The van der Waals surface area contributed by atoms with E-state index in [0.29, 0.717) is 0 Å². The van der Waals surface area contributed by atoms with E-state index in [4.69, 9.17) is 4.98 Å². The Bertz CT molecular complexity index is 998. The molecule has 0 unspecified atom stereocenters. The van der Waals surface area contributed by atoms with Crippen LogP contribution in [0.2, 0.25) is 13.3 Å². The Morgan fingerprint density at radius 1 is 0.818 bits per heavy atom. The normalized spacial score (nSPS) is 12.2. The fraction of sp³-hybridized carbons (Fsp3) is 0.483. The van der Waals surface area contributed by atoms with Gasteiger partial charge in [0.25, 0.3) is 0 Å². The molecule has 0 aliphatic heterocycles. The molecule has 0 spiro atoms. The van der Waals surface area contributed by atoms with E-state index in [1.54, 1.807) is 3.58 Å². The van der Waals surface area contributed by atoms with Crippen molar-refractivity contribution in [2.45, 2.75) is 72.6 Å². The zero-order chi connectivity index (χ0) is 23.7. The average molecular weight is 569 g/mol. The minimum absolute atomic E-state index is 1.11. The summed E-state index contributed by atoms with van der Waals surface area (Å²) in [5.74, 6) is 0. The van der Waals surface area contributed by atoms with Gasteiger partial charge in [-0.3, -0.25) is 0 Å². The number of hydrogen-bond donors (Lipinski definition) is 0. The second kappa shape index (κ2) is 12.9. The van der Waals surface area contributed by atoms with Crippen LogP contribution in [-0.4, -0.2) is 37.5 Å². The Balaban J connectivity index is 1.88. The quantitative estimate of drug-likeness (QED) is 0.192. The van der Waals surface area contributed by atoms with Gasteiger partial charge in [-0.15, -0.1) is 0 Å². The van der Waals surface area contributed by atoms with Gasteiger partial charge in [-0.1, -0.05) is 0 Å². The minimum atomic E-state index is -2.39. The summed E-state index contributed by atoms with van der Waals surface area (Å²) in [7, 11) is 4.15. The molecular formula is C29H42N2SSn. The molecule has 3 aromatic rings. The van der Waals surface area contributed by atoms with Crippen LogP contribution in [0.1, 0.15) is 69.9 Å². The summed E-state index contributed by atoms with van der Waals surface area (Å²) in [5, 5.41) is 1.11. The van der Waals surface area contributed by atoms with Gasteiger partial charge in [-0.25, -0.2) is 0 Å². The van der Waals surface area contributed by atoms with E-state index in [1.807, 2.05) is 11.3 Å². The third-order valence-corrected chi connectivity index (χ3v) is 23.5. The molecule has 2 aromatic carbocycles. The third-order valence-electron chi connectivity index (χ3n) is 6.87. The molecule has 0 aliphatic rings. The molecule has 0 amide bonds. The van der Waals surface area contributed by atoms with Gasteiger partial charge in [0.1, 0.15) is 0 Å². The van der Waals surface area contributed by atoms with E-state index >= 15 is 0 Å². The van der Waals surface area contributed by atoms with Gasteiger partial charge in [0.15, 0.2) is 0 Å². The Morgan fingerprint density at radius 2 is 1.42 bits per heavy atom. The summed E-state index contributed by atoms with van der Waals surface area (Å²) in [5.41, 5.74) is 3.60. The Morgan fingerprint density at radius 3 is 1.97 bits per heavy atom. The van der Waals surface area contributed by atoms with Crippen LogP contribution in [0.4, 0.5) is 5.69 Å². The van der Waals surface area contributed by atoms with Crippen molar-refractivity contribution in [3.8, 4) is 0 Å². The molecule has 3 rings (SSSR count). The molecule has 1 aromatic heterocycles. The van der Waals surface area contributed by atoms with E-state index in [9.17, 15) is 0 Å². The Hall–Kier alpha value is -1.33. The van der Waals surface area contributed by atoms with Crippen LogP contribution in [0.3, 0.4) is 0 Å². The molecule has 33 heavy (non-hydrogen) atoms. The molecule has 0 radical (unpaired) electrons. The van der Waals surface area contributed by atoms with E-state index in [2.05, 4.69) is 94.4 Å².